The van der Waals surface area contributed by atoms with Crippen LogP contribution in [0.2, 0.25) is 0 Å². The third-order valence-corrected chi connectivity index (χ3v) is 9.82. The topological polar surface area (TPSA) is 171 Å². The van der Waals surface area contributed by atoms with Gasteiger partial charge in [-0.1, -0.05) is 66.5 Å². The Labute approximate surface area is 300 Å². The summed E-state index contributed by atoms with van der Waals surface area (Å²) < 4.78 is 5.29. The molecule has 6 amide bonds. The van der Waals surface area contributed by atoms with Crippen molar-refractivity contribution in [3.8, 4) is 0 Å². The summed E-state index contributed by atoms with van der Waals surface area (Å²) in [6.45, 7) is 11.5. The van der Waals surface area contributed by atoms with Gasteiger partial charge < -0.3 is 30.4 Å². The zero-order valence-corrected chi connectivity index (χ0v) is 31.3. The van der Waals surface area contributed by atoms with Crippen LogP contribution in [0.15, 0.2) is 24.3 Å². The summed E-state index contributed by atoms with van der Waals surface area (Å²) in [5.74, 6) is -1.77. The van der Waals surface area contributed by atoms with Crippen LogP contribution < -0.4 is 16.0 Å². The minimum Gasteiger partial charge on any atom is -0.445 e. The zero-order chi connectivity index (χ0) is 37.4. The molecule has 0 radical (unpaired) electrons. The molecule has 1 aliphatic rings. The number of imide groups is 1. The van der Waals surface area contributed by atoms with Gasteiger partial charge in [0.05, 0.1) is 17.8 Å². The highest BCUT2D eigenvalue weighted by molar-refractivity contribution is 8.01. The summed E-state index contributed by atoms with van der Waals surface area (Å²) in [5, 5.41) is 8.05. The SMILES string of the molecule is CCCC(C)SC1CC(=O)N(CCCCCC(=O)NC(C(=O)NCC(=O)Nc2ccc(COC(=O)N(C)C(C=O)C(C)C)cc2)C(C)C)C1=O. The van der Waals surface area contributed by atoms with E-state index in [9.17, 15) is 33.6 Å². The number of thioether (sulfide) groups is 1. The van der Waals surface area contributed by atoms with E-state index in [0.717, 1.165) is 12.8 Å². The van der Waals surface area contributed by atoms with Crippen LogP contribution in [0.4, 0.5) is 10.5 Å². The molecule has 3 N–H and O–H groups in total. The Morgan fingerprint density at radius 1 is 1.00 bits per heavy atom. The molecule has 278 valence electrons. The van der Waals surface area contributed by atoms with E-state index in [-0.39, 0.29) is 60.8 Å². The van der Waals surface area contributed by atoms with Crippen LogP contribution in [0.5, 0.6) is 0 Å². The van der Waals surface area contributed by atoms with Gasteiger partial charge in [-0.15, -0.1) is 11.8 Å². The molecule has 13 nitrogen and oxygen atoms in total. The molecule has 1 aliphatic heterocycles. The average molecular weight is 718 g/mol. The predicted octanol–water partition coefficient (Wildman–Crippen LogP) is 4.28. The van der Waals surface area contributed by atoms with Gasteiger partial charge in [-0.2, -0.15) is 0 Å². The fourth-order valence-electron chi connectivity index (χ4n) is 5.49. The van der Waals surface area contributed by atoms with Crippen molar-refractivity contribution >= 4 is 59.4 Å². The summed E-state index contributed by atoms with van der Waals surface area (Å²) in [5.41, 5.74) is 1.16. The molecule has 1 aromatic rings. The Hall–Kier alpha value is -3.94. The van der Waals surface area contributed by atoms with Gasteiger partial charge in [0.25, 0.3) is 0 Å². The van der Waals surface area contributed by atoms with Crippen LogP contribution in [0.1, 0.15) is 92.1 Å². The summed E-state index contributed by atoms with van der Waals surface area (Å²) in [6.07, 6.45) is 4.36. The van der Waals surface area contributed by atoms with Crippen molar-refractivity contribution in [1.82, 2.24) is 20.4 Å². The number of carbonyl (C=O) groups excluding carboxylic acids is 7. The smallest absolute Gasteiger partial charge is 0.410 e. The maximum Gasteiger partial charge on any atom is 0.410 e. The number of benzene rings is 1. The molecule has 0 bridgehead atoms. The predicted molar refractivity (Wildman–Crippen MR) is 193 cm³/mol. The standard InChI is InChI=1S/C36H55N5O8S/c1-8-12-25(6)50-29-19-32(45)41(35(29)47)18-11-9-10-13-30(43)39-33(24(4)5)34(46)37-20-31(44)38-27-16-14-26(15-17-27)22-49-36(48)40(7)28(21-42)23(2)3/h14-17,21,23-25,28-29,33H,8-13,18-20,22H2,1-7H3,(H,37,46)(H,38,44)(H,39,43). The van der Waals surface area contributed by atoms with Gasteiger partial charge in [-0.25, -0.2) is 4.79 Å². The van der Waals surface area contributed by atoms with E-state index in [0.29, 0.717) is 48.6 Å². The van der Waals surface area contributed by atoms with Crippen molar-refractivity contribution in [1.29, 1.82) is 0 Å². The molecule has 14 heteroatoms. The van der Waals surface area contributed by atoms with Crippen molar-refractivity contribution in [3.63, 3.8) is 0 Å². The molecule has 1 fully saturated rings. The lowest BCUT2D eigenvalue weighted by atomic mass is 10.0. The first kappa shape index (κ1) is 42.2. The first-order chi connectivity index (χ1) is 23.7. The molecule has 0 aromatic heterocycles. The highest BCUT2D eigenvalue weighted by Gasteiger charge is 2.39. The van der Waals surface area contributed by atoms with Crippen molar-refractivity contribution < 1.29 is 38.3 Å². The number of likely N-dealkylation sites (tertiary alicyclic amines) is 1. The van der Waals surface area contributed by atoms with E-state index in [2.05, 4.69) is 29.8 Å². The zero-order valence-electron chi connectivity index (χ0n) is 30.5. The molecule has 2 rings (SSSR count). The molecule has 1 heterocycles. The van der Waals surface area contributed by atoms with Gasteiger partial charge in [-0.05, 0) is 48.8 Å². The maximum atomic E-state index is 12.9. The van der Waals surface area contributed by atoms with Crippen LogP contribution in [-0.4, -0.2) is 94.4 Å². The number of hydrogen-bond acceptors (Lipinski definition) is 9. The summed E-state index contributed by atoms with van der Waals surface area (Å²) >= 11 is 1.57. The third kappa shape index (κ3) is 13.8. The lowest BCUT2D eigenvalue weighted by molar-refractivity contribution is -0.138. The summed E-state index contributed by atoms with van der Waals surface area (Å²) in [7, 11) is 1.51. The van der Waals surface area contributed by atoms with Crippen LogP contribution >= 0.6 is 11.8 Å². The van der Waals surface area contributed by atoms with E-state index in [1.807, 2.05) is 13.8 Å². The van der Waals surface area contributed by atoms with Crippen molar-refractivity contribution in [3.05, 3.63) is 29.8 Å². The maximum absolute atomic E-state index is 12.9. The van der Waals surface area contributed by atoms with Crippen LogP contribution in [0, 0.1) is 11.8 Å². The number of hydrogen-bond donors (Lipinski definition) is 3. The molecule has 1 aromatic carbocycles. The van der Waals surface area contributed by atoms with Gasteiger partial charge in [0.15, 0.2) is 0 Å². The lowest BCUT2D eigenvalue weighted by Crippen LogP contribution is -2.51. The lowest BCUT2D eigenvalue weighted by Gasteiger charge is -2.25. The number of nitrogens with zero attached hydrogens (tertiary/aromatic N) is 2. The minimum atomic E-state index is -0.830. The summed E-state index contributed by atoms with van der Waals surface area (Å²) in [4.78, 5) is 89.3. The Balaban J connectivity index is 1.71. The van der Waals surface area contributed by atoms with E-state index < -0.39 is 30.0 Å². The Bertz CT molecular complexity index is 1320. The van der Waals surface area contributed by atoms with Crippen LogP contribution in [0.25, 0.3) is 0 Å². The van der Waals surface area contributed by atoms with Crippen molar-refractivity contribution in [2.45, 2.75) is 116 Å². The van der Waals surface area contributed by atoms with E-state index in [1.54, 1.807) is 49.9 Å². The molecule has 0 saturated carbocycles. The molecule has 4 unspecified atom stereocenters. The second-order valence-electron chi connectivity index (χ2n) is 13.4. The second kappa shape index (κ2) is 21.3. The van der Waals surface area contributed by atoms with E-state index >= 15 is 0 Å². The Morgan fingerprint density at radius 2 is 1.68 bits per heavy atom. The minimum absolute atomic E-state index is 0.0154. The van der Waals surface area contributed by atoms with Gasteiger partial charge in [0, 0.05) is 37.4 Å². The highest BCUT2D eigenvalue weighted by atomic mass is 32.2. The molecule has 0 spiro atoms. The van der Waals surface area contributed by atoms with E-state index in [1.165, 1.54) is 16.8 Å². The number of carbonyl (C=O) groups is 7. The van der Waals surface area contributed by atoms with Crippen LogP contribution in [0.3, 0.4) is 0 Å². The average Bonchev–Trinajstić information content (AvgIpc) is 3.32. The van der Waals surface area contributed by atoms with E-state index in [4.69, 9.17) is 4.74 Å². The van der Waals surface area contributed by atoms with Crippen LogP contribution in [-0.2, 0) is 40.1 Å². The fraction of sp³-hybridized carbons (Fsp3) is 0.639. The molecule has 0 aliphatic carbocycles. The molecule has 50 heavy (non-hydrogen) atoms. The number of amides is 6. The quantitative estimate of drug-likeness (QED) is 0.0954. The van der Waals surface area contributed by atoms with Gasteiger partial charge in [0.2, 0.25) is 29.5 Å². The largest absolute Gasteiger partial charge is 0.445 e. The number of likely N-dealkylation sites (N-methyl/N-ethyl adjacent to an activating group) is 1. The number of anilines is 1. The monoisotopic (exact) mass is 717 g/mol. The van der Waals surface area contributed by atoms with Crippen molar-refractivity contribution in [2.24, 2.45) is 11.8 Å². The fourth-order valence-corrected chi connectivity index (χ4v) is 6.91. The second-order valence-corrected chi connectivity index (χ2v) is 15.1. The van der Waals surface area contributed by atoms with Gasteiger partial charge in [0.1, 0.15) is 18.9 Å². The molecular weight excluding hydrogens is 662 g/mol. The first-order valence-corrected chi connectivity index (χ1v) is 18.4. The number of rotatable bonds is 21. The first-order valence-electron chi connectivity index (χ1n) is 17.5. The summed E-state index contributed by atoms with van der Waals surface area (Å²) in [6, 6.07) is 5.22. The highest BCUT2D eigenvalue weighted by Crippen LogP contribution is 2.30. The number of ether oxygens (including phenoxy) is 1. The Kier molecular flexibility index (Phi) is 18.0. The number of aldehydes is 1. The Morgan fingerprint density at radius 3 is 2.28 bits per heavy atom. The van der Waals surface area contributed by atoms with Gasteiger partial charge in [-0.3, -0.25) is 28.9 Å². The third-order valence-electron chi connectivity index (χ3n) is 8.43. The number of nitrogens with one attached hydrogen (secondary N) is 3. The molecular formula is C36H55N5O8S. The molecule has 1 saturated heterocycles. The van der Waals surface area contributed by atoms with Crippen molar-refractivity contribution in [2.75, 3.05) is 25.5 Å². The van der Waals surface area contributed by atoms with Gasteiger partial charge >= 0.3 is 6.09 Å². The normalized spacial score (nSPS) is 16.2. The number of unbranched alkanes of at least 4 members (excludes halogenated alkanes) is 2. The molecule has 4 atom stereocenters.